The van der Waals surface area contributed by atoms with Crippen molar-refractivity contribution in [3.05, 3.63) is 0 Å². The first kappa shape index (κ1) is 13.3. The summed E-state index contributed by atoms with van der Waals surface area (Å²) in [6, 6.07) is 0. The molecule has 2 unspecified atom stereocenters. The highest BCUT2D eigenvalue weighted by molar-refractivity contribution is 5.62. The maximum absolute atomic E-state index is 10.5. The van der Waals surface area contributed by atoms with Gasteiger partial charge >= 0.3 is 0 Å². The summed E-state index contributed by atoms with van der Waals surface area (Å²) in [5, 5.41) is 0. The van der Waals surface area contributed by atoms with Crippen molar-refractivity contribution in [2.45, 2.75) is 52.4 Å². The van der Waals surface area contributed by atoms with Crippen LogP contribution in [0.1, 0.15) is 52.4 Å². The van der Waals surface area contributed by atoms with E-state index in [-0.39, 0.29) is 5.92 Å². The monoisotopic (exact) mass is 197 g/mol. The van der Waals surface area contributed by atoms with Crippen LogP contribution in [0, 0.1) is 11.8 Å². The fraction of sp³-hybridized carbons (Fsp3) is 0.833. The standard InChI is InChI=1S/C12H21O2/c1-3-5-6-11(4-2)9-12(10-14)7-8-13/h8,11-12H,3-7,9H2,1-2H3. The molecular formula is C12H21O2. The van der Waals surface area contributed by atoms with Gasteiger partial charge in [-0.3, -0.25) is 4.79 Å². The third-order valence-corrected chi connectivity index (χ3v) is 2.71. The lowest BCUT2D eigenvalue weighted by molar-refractivity contribution is -0.108. The van der Waals surface area contributed by atoms with Crippen LogP contribution in [-0.2, 0) is 9.59 Å². The van der Waals surface area contributed by atoms with Crippen LogP contribution in [0.5, 0.6) is 0 Å². The molecule has 0 aromatic rings. The summed E-state index contributed by atoms with van der Waals surface area (Å²) in [5.74, 6) is 0.413. The van der Waals surface area contributed by atoms with E-state index in [9.17, 15) is 9.59 Å². The van der Waals surface area contributed by atoms with Crippen molar-refractivity contribution in [1.29, 1.82) is 0 Å². The Labute approximate surface area is 87.1 Å². The number of unbranched alkanes of at least 4 members (excludes halogenated alkanes) is 1. The maximum atomic E-state index is 10.5. The van der Waals surface area contributed by atoms with Crippen LogP contribution in [0.15, 0.2) is 0 Å². The lowest BCUT2D eigenvalue weighted by Crippen LogP contribution is -2.10. The largest absolute Gasteiger partial charge is 0.303 e. The molecule has 0 amide bonds. The fourth-order valence-corrected chi connectivity index (χ4v) is 1.69. The van der Waals surface area contributed by atoms with E-state index < -0.39 is 0 Å². The Morgan fingerprint density at radius 1 is 1.36 bits per heavy atom. The zero-order chi connectivity index (χ0) is 10.8. The van der Waals surface area contributed by atoms with Crippen LogP contribution >= 0.6 is 0 Å². The molecule has 0 N–H and O–H groups in total. The highest BCUT2D eigenvalue weighted by Gasteiger charge is 2.14. The Kier molecular flexibility index (Phi) is 8.50. The lowest BCUT2D eigenvalue weighted by atomic mass is 9.88. The van der Waals surface area contributed by atoms with Crippen LogP contribution in [0.25, 0.3) is 0 Å². The van der Waals surface area contributed by atoms with Crippen LogP contribution in [-0.4, -0.2) is 12.6 Å². The Hall–Kier alpha value is -0.660. The molecule has 0 fully saturated rings. The van der Waals surface area contributed by atoms with Gasteiger partial charge in [0.1, 0.15) is 6.29 Å². The Morgan fingerprint density at radius 2 is 2.07 bits per heavy atom. The number of carbonyl (C=O) groups is 1. The number of hydrogen-bond donors (Lipinski definition) is 0. The minimum Gasteiger partial charge on any atom is -0.303 e. The molecule has 0 aliphatic carbocycles. The molecule has 2 heteroatoms. The van der Waals surface area contributed by atoms with Gasteiger partial charge in [-0.05, 0) is 12.3 Å². The number of hydrogen-bond acceptors (Lipinski definition) is 2. The van der Waals surface area contributed by atoms with E-state index in [1.165, 1.54) is 19.3 Å². The summed E-state index contributed by atoms with van der Waals surface area (Å²) >= 11 is 0. The van der Waals surface area contributed by atoms with Gasteiger partial charge in [-0.1, -0.05) is 39.5 Å². The second-order valence-electron chi connectivity index (χ2n) is 3.87. The predicted octanol–water partition coefficient (Wildman–Crippen LogP) is 2.91. The van der Waals surface area contributed by atoms with Crippen LogP contribution in [0.4, 0.5) is 0 Å². The maximum Gasteiger partial charge on any atom is 0.202 e. The lowest BCUT2D eigenvalue weighted by Gasteiger charge is -2.16. The quantitative estimate of drug-likeness (QED) is 0.533. The SMILES string of the molecule is CCCCC(CC)CC([C]=O)CC=O. The van der Waals surface area contributed by atoms with Crippen molar-refractivity contribution in [1.82, 2.24) is 0 Å². The fourth-order valence-electron chi connectivity index (χ4n) is 1.69. The van der Waals surface area contributed by atoms with Crippen molar-refractivity contribution in [3.8, 4) is 0 Å². The molecule has 0 rings (SSSR count). The molecule has 1 radical (unpaired) electrons. The smallest absolute Gasteiger partial charge is 0.202 e. The first-order valence-corrected chi connectivity index (χ1v) is 5.59. The molecule has 0 spiro atoms. The van der Waals surface area contributed by atoms with E-state index in [1.54, 1.807) is 0 Å². The Morgan fingerprint density at radius 3 is 2.50 bits per heavy atom. The molecule has 0 bridgehead atoms. The van der Waals surface area contributed by atoms with E-state index in [4.69, 9.17) is 0 Å². The molecule has 0 aromatic heterocycles. The highest BCUT2D eigenvalue weighted by atomic mass is 16.1. The van der Waals surface area contributed by atoms with Gasteiger partial charge in [-0.15, -0.1) is 0 Å². The second-order valence-corrected chi connectivity index (χ2v) is 3.87. The number of carbonyl (C=O) groups excluding carboxylic acids is 2. The van der Waals surface area contributed by atoms with Gasteiger partial charge in [0.15, 0.2) is 0 Å². The first-order chi connectivity index (χ1) is 6.78. The summed E-state index contributed by atoms with van der Waals surface area (Å²) < 4.78 is 0. The molecule has 2 nitrogen and oxygen atoms in total. The van der Waals surface area contributed by atoms with Gasteiger partial charge < -0.3 is 4.79 Å². The normalized spacial score (nSPS) is 14.7. The van der Waals surface area contributed by atoms with Crippen LogP contribution in [0.2, 0.25) is 0 Å². The summed E-state index contributed by atoms with van der Waals surface area (Å²) in [4.78, 5) is 20.8. The van der Waals surface area contributed by atoms with Crippen LogP contribution in [0.3, 0.4) is 0 Å². The van der Waals surface area contributed by atoms with Gasteiger partial charge in [0.25, 0.3) is 0 Å². The van der Waals surface area contributed by atoms with Crippen LogP contribution < -0.4 is 0 Å². The van der Waals surface area contributed by atoms with E-state index >= 15 is 0 Å². The van der Waals surface area contributed by atoms with Gasteiger partial charge in [-0.2, -0.15) is 0 Å². The average Bonchev–Trinajstić information content (AvgIpc) is 2.22. The minimum absolute atomic E-state index is 0.172. The third kappa shape index (κ3) is 5.90. The zero-order valence-corrected chi connectivity index (χ0v) is 9.29. The molecular weight excluding hydrogens is 176 g/mol. The van der Waals surface area contributed by atoms with Gasteiger partial charge in [0.2, 0.25) is 6.29 Å². The number of rotatable bonds is 9. The molecule has 0 aliphatic rings. The molecule has 81 valence electrons. The minimum atomic E-state index is -0.172. The highest BCUT2D eigenvalue weighted by Crippen LogP contribution is 2.21. The van der Waals surface area contributed by atoms with Crippen molar-refractivity contribution in [2.24, 2.45) is 11.8 Å². The molecule has 0 heterocycles. The Bertz CT molecular complexity index is 154. The Balaban J connectivity index is 3.86. The molecule has 0 saturated carbocycles. The predicted molar refractivity (Wildman–Crippen MR) is 57.8 cm³/mol. The van der Waals surface area contributed by atoms with Crippen molar-refractivity contribution in [3.63, 3.8) is 0 Å². The molecule has 2 atom stereocenters. The van der Waals surface area contributed by atoms with Crippen molar-refractivity contribution >= 4 is 12.6 Å². The summed E-state index contributed by atoms with van der Waals surface area (Å²) in [7, 11) is 0. The van der Waals surface area contributed by atoms with Crippen molar-refractivity contribution < 1.29 is 9.59 Å². The number of aldehydes is 1. The molecule has 0 aromatic carbocycles. The topological polar surface area (TPSA) is 34.1 Å². The summed E-state index contributed by atoms with van der Waals surface area (Å²) in [6.07, 6.45) is 8.63. The summed E-state index contributed by atoms with van der Waals surface area (Å²) in [5.41, 5.74) is 0. The third-order valence-electron chi connectivity index (χ3n) is 2.71. The van der Waals surface area contributed by atoms with Gasteiger partial charge in [0, 0.05) is 12.3 Å². The van der Waals surface area contributed by atoms with Gasteiger partial charge in [0.05, 0.1) is 0 Å². The average molecular weight is 197 g/mol. The van der Waals surface area contributed by atoms with E-state index in [2.05, 4.69) is 13.8 Å². The summed E-state index contributed by atoms with van der Waals surface area (Å²) in [6.45, 7) is 4.31. The first-order valence-electron chi connectivity index (χ1n) is 5.59. The molecule has 0 aliphatic heterocycles. The second kappa shape index (κ2) is 8.92. The van der Waals surface area contributed by atoms with E-state index in [0.717, 1.165) is 19.1 Å². The van der Waals surface area contributed by atoms with E-state index in [1.807, 2.05) is 6.29 Å². The van der Waals surface area contributed by atoms with E-state index in [0.29, 0.717) is 12.3 Å². The van der Waals surface area contributed by atoms with Crippen molar-refractivity contribution in [2.75, 3.05) is 0 Å². The molecule has 14 heavy (non-hydrogen) atoms. The van der Waals surface area contributed by atoms with Gasteiger partial charge in [-0.25, -0.2) is 0 Å². The zero-order valence-electron chi connectivity index (χ0n) is 9.29. The molecule has 0 saturated heterocycles.